The minimum Gasteiger partial charge on any atom is -0.399 e. The third-order valence-electron chi connectivity index (χ3n) is 3.10. The number of nitrogens with two attached hydrogens (primary N) is 1. The van der Waals surface area contributed by atoms with Crippen molar-refractivity contribution in [3.8, 4) is 0 Å². The van der Waals surface area contributed by atoms with Gasteiger partial charge in [0.25, 0.3) is 0 Å². The van der Waals surface area contributed by atoms with Gasteiger partial charge in [-0.2, -0.15) is 9.97 Å². The maximum Gasteiger partial charge on any atom is 0.351 e. The number of nitrogen functional groups attached to an aromatic ring is 1. The summed E-state index contributed by atoms with van der Waals surface area (Å²) in [5.41, 5.74) is 8.48. The Kier molecular flexibility index (Phi) is 3.92. The van der Waals surface area contributed by atoms with Gasteiger partial charge < -0.3 is 16.4 Å². The number of anilines is 5. The fourth-order valence-electron chi connectivity index (χ4n) is 2.05. The van der Waals surface area contributed by atoms with Crippen molar-refractivity contribution in [2.75, 3.05) is 16.4 Å². The van der Waals surface area contributed by atoms with Gasteiger partial charge in [-0.15, -0.1) is 0 Å². The zero-order valence-corrected chi connectivity index (χ0v) is 12.5. The molecule has 1 aromatic heterocycles. The molecule has 2 aromatic carbocycles. The van der Waals surface area contributed by atoms with Crippen LogP contribution in [0.3, 0.4) is 0 Å². The maximum absolute atomic E-state index is 11.7. The van der Waals surface area contributed by atoms with Gasteiger partial charge >= 0.3 is 5.69 Å². The highest BCUT2D eigenvalue weighted by Gasteiger charge is 2.04. The molecule has 7 heteroatoms. The molecule has 0 aliphatic heterocycles. The van der Waals surface area contributed by atoms with Crippen LogP contribution in [-0.4, -0.2) is 15.0 Å². The van der Waals surface area contributed by atoms with Crippen LogP contribution in [-0.2, 0) is 0 Å². The predicted octanol–water partition coefficient (Wildman–Crippen LogP) is 2.54. The molecule has 5 N–H and O–H groups in total. The molecule has 0 saturated carbocycles. The maximum atomic E-state index is 11.7. The van der Waals surface area contributed by atoms with Gasteiger partial charge in [-0.25, -0.2) is 4.79 Å². The van der Waals surface area contributed by atoms with Gasteiger partial charge in [-0.1, -0.05) is 12.1 Å². The molecule has 0 unspecified atom stereocenters. The minimum absolute atomic E-state index is 0.202. The molecule has 3 rings (SSSR count). The summed E-state index contributed by atoms with van der Waals surface area (Å²) in [6.07, 6.45) is 0. The quantitative estimate of drug-likeness (QED) is 0.552. The summed E-state index contributed by atoms with van der Waals surface area (Å²) < 4.78 is 0. The Labute approximate surface area is 132 Å². The first-order chi connectivity index (χ1) is 11.1. The zero-order chi connectivity index (χ0) is 16.2. The van der Waals surface area contributed by atoms with Crippen LogP contribution >= 0.6 is 0 Å². The number of H-pyrrole nitrogens is 1. The predicted molar refractivity (Wildman–Crippen MR) is 91.3 cm³/mol. The SMILES string of the molecule is Cc1cccc(Nc2nc(Nc3ccc(N)cc3)nc(=O)[nH]2)c1. The highest BCUT2D eigenvalue weighted by molar-refractivity contribution is 5.59. The van der Waals surface area contributed by atoms with Gasteiger partial charge in [0.05, 0.1) is 0 Å². The average molecular weight is 308 g/mol. The molecule has 0 spiro atoms. The van der Waals surface area contributed by atoms with Crippen molar-refractivity contribution < 1.29 is 0 Å². The Morgan fingerprint density at radius 1 is 1.00 bits per heavy atom. The number of rotatable bonds is 4. The number of aromatic amines is 1. The van der Waals surface area contributed by atoms with Crippen molar-refractivity contribution in [1.29, 1.82) is 0 Å². The van der Waals surface area contributed by atoms with Crippen LogP contribution in [0.4, 0.5) is 29.0 Å². The Morgan fingerprint density at radius 2 is 1.78 bits per heavy atom. The van der Waals surface area contributed by atoms with Gasteiger partial charge in [0, 0.05) is 17.1 Å². The Balaban J connectivity index is 1.84. The Morgan fingerprint density at radius 3 is 2.52 bits per heavy atom. The summed E-state index contributed by atoms with van der Waals surface area (Å²) in [7, 11) is 0. The second kappa shape index (κ2) is 6.18. The molecule has 7 nitrogen and oxygen atoms in total. The molecule has 0 atom stereocenters. The fourth-order valence-corrected chi connectivity index (χ4v) is 2.05. The van der Waals surface area contributed by atoms with E-state index in [-0.39, 0.29) is 5.95 Å². The number of aryl methyl sites for hydroxylation is 1. The van der Waals surface area contributed by atoms with Gasteiger partial charge in [-0.3, -0.25) is 4.98 Å². The average Bonchev–Trinajstić information content (AvgIpc) is 2.49. The van der Waals surface area contributed by atoms with Gasteiger partial charge in [0.1, 0.15) is 0 Å². The molecule has 0 radical (unpaired) electrons. The first-order valence-corrected chi connectivity index (χ1v) is 7.03. The number of nitrogens with zero attached hydrogens (tertiary/aromatic N) is 2. The number of hydrogen-bond acceptors (Lipinski definition) is 6. The lowest BCUT2D eigenvalue weighted by molar-refractivity contribution is 1.00. The second-order valence-electron chi connectivity index (χ2n) is 5.07. The van der Waals surface area contributed by atoms with Gasteiger partial charge in [0.15, 0.2) is 0 Å². The van der Waals surface area contributed by atoms with Crippen LogP contribution < -0.4 is 22.1 Å². The van der Waals surface area contributed by atoms with Crippen LogP contribution in [0.15, 0.2) is 53.3 Å². The summed E-state index contributed by atoms with van der Waals surface area (Å²) in [4.78, 5) is 22.3. The topological polar surface area (TPSA) is 109 Å². The molecule has 0 fully saturated rings. The molecule has 23 heavy (non-hydrogen) atoms. The number of benzene rings is 2. The van der Waals surface area contributed by atoms with E-state index in [2.05, 4.69) is 25.6 Å². The number of hydrogen-bond donors (Lipinski definition) is 4. The summed E-state index contributed by atoms with van der Waals surface area (Å²) in [5, 5.41) is 6.03. The van der Waals surface area contributed by atoms with Crippen molar-refractivity contribution >= 4 is 29.0 Å². The van der Waals surface area contributed by atoms with Crippen molar-refractivity contribution in [2.24, 2.45) is 0 Å². The first kappa shape index (κ1) is 14.6. The summed E-state index contributed by atoms with van der Waals surface area (Å²) in [6.45, 7) is 1.99. The molecule has 116 valence electrons. The lowest BCUT2D eigenvalue weighted by Crippen LogP contribution is -2.16. The van der Waals surface area contributed by atoms with Crippen LogP contribution in [0.1, 0.15) is 5.56 Å². The molecule has 0 aliphatic rings. The van der Waals surface area contributed by atoms with E-state index >= 15 is 0 Å². The third-order valence-corrected chi connectivity index (χ3v) is 3.10. The van der Waals surface area contributed by atoms with E-state index < -0.39 is 5.69 Å². The smallest absolute Gasteiger partial charge is 0.351 e. The van der Waals surface area contributed by atoms with Crippen molar-refractivity contribution in [2.45, 2.75) is 6.92 Å². The van der Waals surface area contributed by atoms with E-state index in [9.17, 15) is 4.79 Å². The Hall–Kier alpha value is -3.35. The minimum atomic E-state index is -0.493. The zero-order valence-electron chi connectivity index (χ0n) is 12.5. The lowest BCUT2D eigenvalue weighted by Gasteiger charge is -2.08. The molecule has 0 saturated heterocycles. The molecular weight excluding hydrogens is 292 g/mol. The van der Waals surface area contributed by atoms with E-state index in [0.717, 1.165) is 16.9 Å². The van der Waals surface area contributed by atoms with E-state index in [1.165, 1.54) is 0 Å². The highest BCUT2D eigenvalue weighted by Crippen LogP contribution is 2.16. The van der Waals surface area contributed by atoms with E-state index in [0.29, 0.717) is 11.6 Å². The molecular formula is C16H16N6O. The van der Waals surface area contributed by atoms with Crippen LogP contribution in [0.5, 0.6) is 0 Å². The summed E-state index contributed by atoms with van der Waals surface area (Å²) >= 11 is 0. The molecule has 0 aliphatic carbocycles. The van der Waals surface area contributed by atoms with Crippen LogP contribution in [0, 0.1) is 6.92 Å². The molecule has 0 amide bonds. The van der Waals surface area contributed by atoms with E-state index in [4.69, 9.17) is 5.73 Å². The normalized spacial score (nSPS) is 10.3. The second-order valence-corrected chi connectivity index (χ2v) is 5.07. The fraction of sp³-hybridized carbons (Fsp3) is 0.0625. The Bertz CT molecular complexity index is 872. The molecule has 1 heterocycles. The highest BCUT2D eigenvalue weighted by atomic mass is 16.1. The molecule has 0 bridgehead atoms. The van der Waals surface area contributed by atoms with Gasteiger partial charge in [0.2, 0.25) is 11.9 Å². The number of nitrogens with one attached hydrogen (secondary N) is 3. The van der Waals surface area contributed by atoms with Crippen molar-refractivity contribution in [1.82, 2.24) is 15.0 Å². The largest absolute Gasteiger partial charge is 0.399 e. The first-order valence-electron chi connectivity index (χ1n) is 7.03. The van der Waals surface area contributed by atoms with E-state index in [1.54, 1.807) is 24.3 Å². The monoisotopic (exact) mass is 308 g/mol. The van der Waals surface area contributed by atoms with Crippen LogP contribution in [0.2, 0.25) is 0 Å². The van der Waals surface area contributed by atoms with E-state index in [1.807, 2.05) is 31.2 Å². The van der Waals surface area contributed by atoms with Crippen molar-refractivity contribution in [3.05, 3.63) is 64.6 Å². The molecule has 3 aromatic rings. The standard InChI is InChI=1S/C16H16N6O/c1-10-3-2-4-13(9-10)19-15-20-14(21-16(23)22-15)18-12-7-5-11(17)6-8-12/h2-9H,17H2,1H3,(H3,18,19,20,21,22,23). The van der Waals surface area contributed by atoms with Gasteiger partial charge in [-0.05, 0) is 48.9 Å². The summed E-state index contributed by atoms with van der Waals surface area (Å²) in [6, 6.07) is 14.8. The third kappa shape index (κ3) is 3.85. The number of aromatic nitrogens is 3. The summed E-state index contributed by atoms with van der Waals surface area (Å²) in [5.74, 6) is 0.516. The van der Waals surface area contributed by atoms with Crippen molar-refractivity contribution in [3.63, 3.8) is 0 Å². The lowest BCUT2D eigenvalue weighted by atomic mass is 10.2. The van der Waals surface area contributed by atoms with Crippen LogP contribution in [0.25, 0.3) is 0 Å².